The molecule has 192 valence electrons. The molecular formula is C27H32F2N4O3. The zero-order chi connectivity index (χ0) is 25.3. The number of aliphatic hydroxyl groups excluding tert-OH is 1. The summed E-state index contributed by atoms with van der Waals surface area (Å²) in [4.78, 5) is 15.0. The summed E-state index contributed by atoms with van der Waals surface area (Å²) in [5, 5.41) is 21.7. The number of hydrogen-bond donors (Lipinski definition) is 2. The molecule has 2 aromatic rings. The van der Waals surface area contributed by atoms with Crippen LogP contribution in [0.1, 0.15) is 56.7 Å². The van der Waals surface area contributed by atoms with Crippen molar-refractivity contribution >= 4 is 6.03 Å². The third kappa shape index (κ3) is 3.18. The molecule has 2 amide bonds. The SMILES string of the molecule is CC1(C)C2CCC1(C1CCCN(C(=O)NC3(CO)COC3)C1)c1nnc(-c3c(F)cccc3F)cc12. The van der Waals surface area contributed by atoms with E-state index in [0.717, 1.165) is 36.9 Å². The number of urea groups is 1. The maximum absolute atomic E-state index is 14.5. The summed E-state index contributed by atoms with van der Waals surface area (Å²) >= 11 is 0. The van der Waals surface area contributed by atoms with Gasteiger partial charge in [-0.15, -0.1) is 0 Å². The Kier molecular flexibility index (Phi) is 5.39. The number of ether oxygens (including phenoxy) is 1. The summed E-state index contributed by atoms with van der Waals surface area (Å²) in [6, 6.07) is 5.49. The normalized spacial score (nSPS) is 29.5. The summed E-state index contributed by atoms with van der Waals surface area (Å²) in [6.07, 6.45) is 3.77. The zero-order valence-electron chi connectivity index (χ0n) is 20.7. The number of nitrogens with zero attached hydrogens (tertiary/aromatic N) is 3. The molecule has 3 heterocycles. The topological polar surface area (TPSA) is 87.6 Å². The number of rotatable bonds is 4. The van der Waals surface area contributed by atoms with Gasteiger partial charge in [0, 0.05) is 18.5 Å². The van der Waals surface area contributed by atoms with Crippen LogP contribution in [0.15, 0.2) is 24.3 Å². The van der Waals surface area contributed by atoms with Crippen LogP contribution in [-0.4, -0.2) is 64.7 Å². The van der Waals surface area contributed by atoms with Gasteiger partial charge in [0.05, 0.1) is 36.8 Å². The fourth-order valence-corrected chi connectivity index (χ4v) is 7.56. The first-order valence-corrected chi connectivity index (χ1v) is 12.8. The van der Waals surface area contributed by atoms with Gasteiger partial charge in [0.1, 0.15) is 17.2 Å². The van der Waals surface area contributed by atoms with Crippen molar-refractivity contribution in [3.8, 4) is 11.3 Å². The number of halogens is 2. The van der Waals surface area contributed by atoms with Crippen molar-refractivity contribution in [3.63, 3.8) is 0 Å². The molecule has 0 radical (unpaired) electrons. The quantitative estimate of drug-likeness (QED) is 0.670. The highest BCUT2D eigenvalue weighted by Gasteiger charge is 2.66. The second-order valence-electron chi connectivity index (χ2n) is 11.6. The number of fused-ring (bicyclic) bond motifs is 5. The molecule has 7 nitrogen and oxygen atoms in total. The number of hydrogen-bond acceptors (Lipinski definition) is 5. The van der Waals surface area contributed by atoms with Crippen molar-refractivity contribution in [2.24, 2.45) is 11.3 Å². The van der Waals surface area contributed by atoms with Crippen LogP contribution in [0.4, 0.5) is 13.6 Å². The number of amides is 2. The summed E-state index contributed by atoms with van der Waals surface area (Å²) in [6.45, 7) is 6.27. The van der Waals surface area contributed by atoms with Gasteiger partial charge in [0.2, 0.25) is 0 Å². The van der Waals surface area contributed by atoms with Gasteiger partial charge >= 0.3 is 6.03 Å². The Labute approximate surface area is 209 Å². The van der Waals surface area contributed by atoms with Gasteiger partial charge in [-0.2, -0.15) is 10.2 Å². The van der Waals surface area contributed by atoms with Crippen LogP contribution in [-0.2, 0) is 10.2 Å². The van der Waals surface area contributed by atoms with Gasteiger partial charge < -0.3 is 20.1 Å². The molecule has 3 atom stereocenters. The van der Waals surface area contributed by atoms with Crippen molar-refractivity contribution in [3.05, 3.63) is 47.2 Å². The molecule has 1 aromatic heterocycles. The lowest BCUT2D eigenvalue weighted by Gasteiger charge is -2.49. The Bertz CT molecular complexity index is 1190. The van der Waals surface area contributed by atoms with E-state index in [-0.39, 0.29) is 46.6 Å². The maximum atomic E-state index is 14.5. The highest BCUT2D eigenvalue weighted by molar-refractivity contribution is 5.75. The third-order valence-corrected chi connectivity index (χ3v) is 9.53. The summed E-state index contributed by atoms with van der Waals surface area (Å²) in [7, 11) is 0. The number of benzene rings is 1. The molecule has 0 spiro atoms. The largest absolute Gasteiger partial charge is 0.394 e. The maximum Gasteiger partial charge on any atom is 0.318 e. The van der Waals surface area contributed by atoms with Crippen molar-refractivity contribution in [1.29, 1.82) is 0 Å². The average Bonchev–Trinajstić information content (AvgIpc) is 3.22. The first-order chi connectivity index (χ1) is 17.2. The van der Waals surface area contributed by atoms with Crippen LogP contribution in [0.2, 0.25) is 0 Å². The molecule has 36 heavy (non-hydrogen) atoms. The van der Waals surface area contributed by atoms with Crippen molar-refractivity contribution in [2.75, 3.05) is 32.9 Å². The van der Waals surface area contributed by atoms with Gasteiger partial charge in [0.15, 0.2) is 0 Å². The predicted octanol–water partition coefficient (Wildman–Crippen LogP) is 3.76. The minimum Gasteiger partial charge on any atom is -0.394 e. The van der Waals surface area contributed by atoms with Crippen molar-refractivity contribution in [2.45, 2.75) is 56.4 Å². The van der Waals surface area contributed by atoms with E-state index in [9.17, 15) is 18.7 Å². The third-order valence-electron chi connectivity index (χ3n) is 9.53. The molecule has 2 N–H and O–H groups in total. The molecule has 4 aliphatic rings. The van der Waals surface area contributed by atoms with E-state index in [1.165, 1.54) is 18.2 Å². The molecule has 9 heteroatoms. The number of aliphatic hydroxyl groups is 1. The molecule has 3 unspecified atom stereocenters. The number of carbonyl (C=O) groups excluding carboxylic acids is 1. The van der Waals surface area contributed by atoms with E-state index in [2.05, 4.69) is 29.4 Å². The lowest BCUT2D eigenvalue weighted by atomic mass is 9.59. The molecule has 2 saturated heterocycles. The van der Waals surface area contributed by atoms with Gasteiger partial charge in [0.25, 0.3) is 0 Å². The first-order valence-electron chi connectivity index (χ1n) is 12.8. The van der Waals surface area contributed by atoms with E-state index in [0.29, 0.717) is 26.3 Å². The summed E-state index contributed by atoms with van der Waals surface area (Å²) in [5.74, 6) is -0.891. The van der Waals surface area contributed by atoms with Crippen LogP contribution in [0.25, 0.3) is 11.3 Å². The minimum absolute atomic E-state index is 0.130. The second kappa shape index (κ2) is 8.18. The second-order valence-corrected chi connectivity index (χ2v) is 11.6. The predicted molar refractivity (Wildman–Crippen MR) is 128 cm³/mol. The zero-order valence-corrected chi connectivity index (χ0v) is 20.7. The molecule has 3 fully saturated rings. The molecule has 2 aliphatic carbocycles. The molecular weight excluding hydrogens is 466 g/mol. The van der Waals surface area contributed by atoms with Crippen LogP contribution in [0, 0.1) is 23.0 Å². The van der Waals surface area contributed by atoms with Gasteiger partial charge in [-0.1, -0.05) is 19.9 Å². The summed E-state index contributed by atoms with van der Waals surface area (Å²) in [5.41, 5.74) is 0.963. The monoisotopic (exact) mass is 498 g/mol. The fraction of sp³-hybridized carbons (Fsp3) is 0.593. The highest BCUT2D eigenvalue weighted by Crippen LogP contribution is 2.70. The lowest BCUT2D eigenvalue weighted by Crippen LogP contribution is -2.67. The smallest absolute Gasteiger partial charge is 0.318 e. The van der Waals surface area contributed by atoms with Crippen molar-refractivity contribution in [1.82, 2.24) is 20.4 Å². The lowest BCUT2D eigenvalue weighted by molar-refractivity contribution is -0.0927. The standard InChI is InChI=1S/C27H32F2N4O3/c1-25(2)18-8-9-27(25,16-5-4-10-33(12-16)24(35)30-26(13-34)14-36-15-26)23-17(18)11-21(31-32-23)22-19(28)6-3-7-20(22)29/h3,6-7,11,16,18,34H,4-5,8-10,12-15H2,1-2H3,(H,30,35). The molecule has 2 bridgehead atoms. The van der Waals surface area contributed by atoms with Crippen LogP contribution < -0.4 is 5.32 Å². The molecule has 1 saturated carbocycles. The minimum atomic E-state index is -0.691. The Balaban J connectivity index is 1.33. The Morgan fingerprint density at radius 2 is 1.97 bits per heavy atom. The first kappa shape index (κ1) is 23.7. The van der Waals surface area contributed by atoms with Gasteiger partial charge in [-0.05, 0) is 66.7 Å². The van der Waals surface area contributed by atoms with E-state index in [1.807, 2.05) is 11.0 Å². The van der Waals surface area contributed by atoms with Gasteiger partial charge in [-0.3, -0.25) is 0 Å². The molecule has 2 aliphatic heterocycles. The molecule has 6 rings (SSSR count). The Morgan fingerprint density at radius 1 is 1.22 bits per heavy atom. The average molecular weight is 499 g/mol. The fourth-order valence-electron chi connectivity index (χ4n) is 7.56. The molecule has 1 aromatic carbocycles. The summed E-state index contributed by atoms with van der Waals surface area (Å²) < 4.78 is 34.2. The van der Waals surface area contributed by atoms with E-state index in [4.69, 9.17) is 4.74 Å². The van der Waals surface area contributed by atoms with E-state index < -0.39 is 17.2 Å². The number of piperidine rings is 1. The number of nitrogens with one attached hydrogen (secondary N) is 1. The highest BCUT2D eigenvalue weighted by atomic mass is 19.1. The number of likely N-dealkylation sites (tertiary alicyclic amines) is 1. The van der Waals surface area contributed by atoms with Crippen LogP contribution in [0.5, 0.6) is 0 Å². The Hall–Kier alpha value is -2.65. The number of aromatic nitrogens is 2. The number of carbonyl (C=O) groups is 1. The van der Waals surface area contributed by atoms with Crippen LogP contribution in [0.3, 0.4) is 0 Å². The van der Waals surface area contributed by atoms with Crippen LogP contribution >= 0.6 is 0 Å². The van der Waals surface area contributed by atoms with Crippen molar-refractivity contribution < 1.29 is 23.4 Å². The van der Waals surface area contributed by atoms with E-state index in [1.54, 1.807) is 0 Å². The Morgan fingerprint density at radius 3 is 2.64 bits per heavy atom. The van der Waals surface area contributed by atoms with E-state index >= 15 is 0 Å². The van der Waals surface area contributed by atoms with Gasteiger partial charge in [-0.25, -0.2) is 13.6 Å².